The number of hydrogen-bond acceptors (Lipinski definition) is 9. The van der Waals surface area contributed by atoms with Gasteiger partial charge in [0.15, 0.2) is 11.5 Å². The molecule has 1 amide bonds. The number of nitrogens with two attached hydrogens (primary N) is 3. The van der Waals surface area contributed by atoms with Crippen LogP contribution in [-0.2, 0) is 19.4 Å². The molecule has 3 aromatic rings. The normalized spacial score (nSPS) is 20.0. The second-order valence-electron chi connectivity index (χ2n) is 10.1. The first-order valence-corrected chi connectivity index (χ1v) is 12.3. The Morgan fingerprint density at radius 1 is 1.11 bits per heavy atom. The third-order valence-corrected chi connectivity index (χ3v) is 8.08. The number of aliphatic hydroxyl groups excluding tert-OH is 1. The van der Waals surface area contributed by atoms with Gasteiger partial charge in [-0.2, -0.15) is 0 Å². The molecule has 0 bridgehead atoms. The van der Waals surface area contributed by atoms with Crippen LogP contribution in [0.5, 0.6) is 0 Å². The molecule has 2 aliphatic heterocycles. The number of rotatable bonds is 3. The molecule has 3 aliphatic rings. The molecule has 1 aliphatic carbocycles. The van der Waals surface area contributed by atoms with Crippen molar-refractivity contribution in [2.45, 2.75) is 38.3 Å². The highest BCUT2D eigenvalue weighted by Crippen LogP contribution is 2.51. The van der Waals surface area contributed by atoms with Crippen LogP contribution >= 0.6 is 0 Å². The van der Waals surface area contributed by atoms with Gasteiger partial charge in [0.25, 0.3) is 5.91 Å². The van der Waals surface area contributed by atoms with Crippen LogP contribution in [0.25, 0.3) is 0 Å². The van der Waals surface area contributed by atoms with Crippen molar-refractivity contribution in [3.63, 3.8) is 0 Å². The molecule has 0 radical (unpaired) electrons. The first kappa shape index (κ1) is 22.7. The number of amides is 1. The van der Waals surface area contributed by atoms with E-state index in [2.05, 4.69) is 25.9 Å². The minimum Gasteiger partial charge on any atom is -0.392 e. The summed E-state index contributed by atoms with van der Waals surface area (Å²) in [6.07, 6.45) is 5.06. The van der Waals surface area contributed by atoms with Crippen molar-refractivity contribution in [1.82, 2.24) is 15.0 Å². The fraction of sp³-hybridized carbons (Fsp3) is 0.385. The van der Waals surface area contributed by atoms with Gasteiger partial charge in [-0.3, -0.25) is 4.79 Å². The lowest BCUT2D eigenvalue weighted by atomic mass is 9.73. The summed E-state index contributed by atoms with van der Waals surface area (Å²) in [5, 5.41) is 9.51. The van der Waals surface area contributed by atoms with Gasteiger partial charge in [-0.25, -0.2) is 15.0 Å². The fourth-order valence-electron chi connectivity index (χ4n) is 6.01. The van der Waals surface area contributed by atoms with Crippen LogP contribution in [0, 0.1) is 5.41 Å². The SMILES string of the molecule is Nc1ccc2c(n1)CCN2C(=O)c1ncc(N2CCC3(CC2)Cc2ccc(CO)cc2[C@H]3N)nc1N. The zero-order chi connectivity index (χ0) is 25.0. The van der Waals surface area contributed by atoms with Crippen LogP contribution in [-0.4, -0.2) is 45.6 Å². The Kier molecular flexibility index (Phi) is 5.31. The molecule has 0 unspecified atom stereocenters. The molecule has 1 fully saturated rings. The van der Waals surface area contributed by atoms with Crippen LogP contribution in [0.15, 0.2) is 36.5 Å². The summed E-state index contributed by atoms with van der Waals surface area (Å²) in [7, 11) is 0. The number of hydrogen-bond donors (Lipinski definition) is 4. The van der Waals surface area contributed by atoms with E-state index < -0.39 is 0 Å². The Bertz CT molecular complexity index is 1350. The standard InChI is InChI=1S/C26H30N8O2/c27-20-4-3-19-18(31-20)5-8-34(19)25(36)22-24(29)32-21(13-30-22)33-9-6-26(7-10-33)12-16-2-1-15(14-35)11-17(16)23(26)28/h1-4,11,13,23,35H,5-10,12,14,28H2,(H2,27,31)(H2,29,32)/t23-/m1/s1. The summed E-state index contributed by atoms with van der Waals surface area (Å²) in [5.74, 6) is 0.941. The number of piperidine rings is 1. The van der Waals surface area contributed by atoms with Crippen molar-refractivity contribution in [2.75, 3.05) is 40.9 Å². The van der Waals surface area contributed by atoms with Gasteiger partial charge in [-0.05, 0) is 53.5 Å². The second kappa shape index (κ2) is 8.42. The van der Waals surface area contributed by atoms with Gasteiger partial charge >= 0.3 is 0 Å². The van der Waals surface area contributed by atoms with Gasteiger partial charge in [-0.1, -0.05) is 18.2 Å². The molecule has 0 saturated carbocycles. The summed E-state index contributed by atoms with van der Waals surface area (Å²) in [5.41, 5.74) is 23.8. The summed E-state index contributed by atoms with van der Waals surface area (Å²) < 4.78 is 0. The molecule has 10 nitrogen and oxygen atoms in total. The molecule has 4 heterocycles. The number of fused-ring (bicyclic) bond motifs is 2. The molecule has 6 rings (SSSR count). The number of pyridine rings is 1. The lowest BCUT2D eigenvalue weighted by Crippen LogP contribution is -2.44. The molecule has 1 spiro atoms. The number of anilines is 4. The zero-order valence-corrected chi connectivity index (χ0v) is 20.0. The van der Waals surface area contributed by atoms with Crippen LogP contribution < -0.4 is 27.0 Å². The zero-order valence-electron chi connectivity index (χ0n) is 20.0. The highest BCUT2D eigenvalue weighted by molar-refractivity contribution is 6.08. The average molecular weight is 487 g/mol. The van der Waals surface area contributed by atoms with E-state index in [1.165, 1.54) is 5.56 Å². The van der Waals surface area contributed by atoms with E-state index in [1.54, 1.807) is 23.2 Å². The molecular weight excluding hydrogens is 456 g/mol. The smallest absolute Gasteiger partial charge is 0.280 e. The highest BCUT2D eigenvalue weighted by atomic mass is 16.3. The van der Waals surface area contributed by atoms with E-state index in [4.69, 9.17) is 17.2 Å². The predicted octanol–water partition coefficient (Wildman–Crippen LogP) is 1.57. The van der Waals surface area contributed by atoms with Gasteiger partial charge in [0.05, 0.1) is 24.2 Å². The van der Waals surface area contributed by atoms with Crippen molar-refractivity contribution in [3.8, 4) is 0 Å². The predicted molar refractivity (Wildman–Crippen MR) is 137 cm³/mol. The van der Waals surface area contributed by atoms with Crippen molar-refractivity contribution >= 4 is 29.0 Å². The van der Waals surface area contributed by atoms with Crippen LogP contribution in [0.2, 0.25) is 0 Å². The monoisotopic (exact) mass is 486 g/mol. The molecule has 1 aromatic carbocycles. The van der Waals surface area contributed by atoms with E-state index in [0.29, 0.717) is 24.6 Å². The Morgan fingerprint density at radius 2 is 1.92 bits per heavy atom. The average Bonchev–Trinajstić information content (AvgIpc) is 3.42. The maximum absolute atomic E-state index is 13.2. The molecule has 36 heavy (non-hydrogen) atoms. The minimum atomic E-state index is -0.286. The van der Waals surface area contributed by atoms with Crippen molar-refractivity contribution in [2.24, 2.45) is 11.1 Å². The number of benzene rings is 1. The quantitative estimate of drug-likeness (QED) is 0.431. The van der Waals surface area contributed by atoms with Crippen LogP contribution in [0.3, 0.4) is 0 Å². The van der Waals surface area contributed by atoms with Gasteiger partial charge in [-0.15, -0.1) is 0 Å². The molecule has 10 heteroatoms. The first-order chi connectivity index (χ1) is 17.4. The fourth-order valence-corrected chi connectivity index (χ4v) is 6.01. The largest absolute Gasteiger partial charge is 0.392 e. The van der Waals surface area contributed by atoms with E-state index in [1.807, 2.05) is 12.1 Å². The number of aliphatic hydroxyl groups is 1. The molecule has 2 aromatic heterocycles. The van der Waals surface area contributed by atoms with Crippen molar-refractivity contribution in [3.05, 3.63) is 64.6 Å². The van der Waals surface area contributed by atoms with Crippen LogP contribution in [0.4, 0.5) is 23.1 Å². The maximum atomic E-state index is 13.2. The lowest BCUT2D eigenvalue weighted by Gasteiger charge is -2.42. The Hall–Kier alpha value is -3.76. The molecule has 7 N–H and O–H groups in total. The van der Waals surface area contributed by atoms with Gasteiger partial charge in [0.1, 0.15) is 11.6 Å². The lowest BCUT2D eigenvalue weighted by molar-refractivity contribution is 0.0985. The molecule has 1 saturated heterocycles. The van der Waals surface area contributed by atoms with E-state index in [-0.39, 0.29) is 35.5 Å². The van der Waals surface area contributed by atoms with Crippen LogP contribution in [0.1, 0.15) is 51.8 Å². The van der Waals surface area contributed by atoms with E-state index in [9.17, 15) is 9.90 Å². The van der Waals surface area contributed by atoms with E-state index >= 15 is 0 Å². The summed E-state index contributed by atoms with van der Waals surface area (Å²) in [4.78, 5) is 30.3. The highest BCUT2D eigenvalue weighted by Gasteiger charge is 2.46. The van der Waals surface area contributed by atoms with E-state index in [0.717, 1.165) is 54.9 Å². The van der Waals surface area contributed by atoms with Crippen molar-refractivity contribution in [1.29, 1.82) is 0 Å². The van der Waals surface area contributed by atoms with Crippen molar-refractivity contribution < 1.29 is 9.90 Å². The van der Waals surface area contributed by atoms with Gasteiger partial charge in [0, 0.05) is 32.1 Å². The molecular formula is C26H30N8O2. The number of carbonyl (C=O) groups is 1. The Labute approximate surface area is 209 Å². The van der Waals surface area contributed by atoms with Gasteiger partial charge in [0.2, 0.25) is 0 Å². The maximum Gasteiger partial charge on any atom is 0.280 e. The summed E-state index contributed by atoms with van der Waals surface area (Å²) >= 11 is 0. The Balaban J connectivity index is 1.16. The first-order valence-electron chi connectivity index (χ1n) is 12.3. The number of aromatic nitrogens is 3. The minimum absolute atomic E-state index is 0.00235. The number of nitrogen functional groups attached to an aromatic ring is 2. The third kappa shape index (κ3) is 3.56. The third-order valence-electron chi connectivity index (χ3n) is 8.08. The topological polar surface area (TPSA) is 161 Å². The summed E-state index contributed by atoms with van der Waals surface area (Å²) in [6, 6.07) is 9.58. The summed E-state index contributed by atoms with van der Waals surface area (Å²) in [6.45, 7) is 2.09. The number of nitrogens with zero attached hydrogens (tertiary/aromatic N) is 5. The second-order valence-corrected chi connectivity index (χ2v) is 10.1. The van der Waals surface area contributed by atoms with Gasteiger partial charge < -0.3 is 32.1 Å². The molecule has 186 valence electrons. The molecule has 1 atom stereocenters. The Morgan fingerprint density at radius 3 is 2.67 bits per heavy atom. The number of carbonyl (C=O) groups excluding carboxylic acids is 1.